The number of hydrogen-bond acceptors (Lipinski definition) is 2. The van der Waals surface area contributed by atoms with Crippen LogP contribution in [-0.2, 0) is 24.0 Å². The molecule has 0 atom stereocenters. The number of carbonyl (C=O) groups is 1. The SMILES string of the molecule is O=CCCc1ccc(OCc2ccc(C(F)(F)F)cc2)cc1. The molecule has 5 heteroatoms. The number of benzene rings is 2. The molecule has 2 aromatic carbocycles. The average molecular weight is 308 g/mol. The zero-order chi connectivity index (χ0) is 16.0. The summed E-state index contributed by atoms with van der Waals surface area (Å²) in [4.78, 5) is 10.3. The van der Waals surface area contributed by atoms with Gasteiger partial charge in [0.15, 0.2) is 0 Å². The molecule has 22 heavy (non-hydrogen) atoms. The van der Waals surface area contributed by atoms with Crippen LogP contribution < -0.4 is 4.74 Å². The summed E-state index contributed by atoms with van der Waals surface area (Å²) in [5.74, 6) is 0.634. The molecule has 0 bridgehead atoms. The van der Waals surface area contributed by atoms with E-state index in [1.807, 2.05) is 12.1 Å². The van der Waals surface area contributed by atoms with E-state index in [2.05, 4.69) is 0 Å². The van der Waals surface area contributed by atoms with E-state index in [0.29, 0.717) is 24.2 Å². The quantitative estimate of drug-likeness (QED) is 0.739. The van der Waals surface area contributed by atoms with Crippen molar-refractivity contribution in [1.82, 2.24) is 0 Å². The number of rotatable bonds is 6. The summed E-state index contributed by atoms with van der Waals surface area (Å²) >= 11 is 0. The fourth-order valence-corrected chi connectivity index (χ4v) is 1.93. The minimum absolute atomic E-state index is 0.200. The summed E-state index contributed by atoms with van der Waals surface area (Å²) in [5, 5.41) is 0. The molecule has 2 nitrogen and oxygen atoms in total. The third-order valence-corrected chi connectivity index (χ3v) is 3.16. The van der Waals surface area contributed by atoms with E-state index in [0.717, 1.165) is 24.0 Å². The van der Waals surface area contributed by atoms with Gasteiger partial charge in [-0.05, 0) is 41.8 Å². The van der Waals surface area contributed by atoms with Crippen LogP contribution in [0.25, 0.3) is 0 Å². The molecule has 0 unspecified atom stereocenters. The Kier molecular flexibility index (Phi) is 5.20. The molecule has 0 aliphatic carbocycles. The van der Waals surface area contributed by atoms with Crippen LogP contribution in [0.1, 0.15) is 23.1 Å². The fourth-order valence-electron chi connectivity index (χ4n) is 1.93. The van der Waals surface area contributed by atoms with Crippen molar-refractivity contribution in [2.24, 2.45) is 0 Å². The fraction of sp³-hybridized carbons (Fsp3) is 0.235. The van der Waals surface area contributed by atoms with E-state index < -0.39 is 11.7 Å². The van der Waals surface area contributed by atoms with Gasteiger partial charge in [0.2, 0.25) is 0 Å². The van der Waals surface area contributed by atoms with Crippen molar-refractivity contribution in [3.63, 3.8) is 0 Å². The molecule has 0 heterocycles. The van der Waals surface area contributed by atoms with Crippen molar-refractivity contribution < 1.29 is 22.7 Å². The van der Waals surface area contributed by atoms with E-state index >= 15 is 0 Å². The van der Waals surface area contributed by atoms with Gasteiger partial charge in [0.1, 0.15) is 18.6 Å². The molecule has 2 aromatic rings. The van der Waals surface area contributed by atoms with Gasteiger partial charge in [-0.1, -0.05) is 24.3 Å². The molecule has 0 aliphatic rings. The standard InChI is InChI=1S/C17H15F3O2/c18-17(19,20)15-7-3-14(4-8-15)12-22-16-9-5-13(6-10-16)2-1-11-21/h3-11H,1-2,12H2. The van der Waals surface area contributed by atoms with Crippen molar-refractivity contribution in [2.75, 3.05) is 0 Å². The third kappa shape index (κ3) is 4.62. The lowest BCUT2D eigenvalue weighted by atomic mass is 10.1. The van der Waals surface area contributed by atoms with Crippen LogP contribution in [0.3, 0.4) is 0 Å². The Hall–Kier alpha value is -2.30. The topological polar surface area (TPSA) is 26.3 Å². The van der Waals surface area contributed by atoms with Crippen LogP contribution in [0.4, 0.5) is 13.2 Å². The summed E-state index contributed by atoms with van der Waals surface area (Å²) in [6.45, 7) is 0.200. The molecular weight excluding hydrogens is 293 g/mol. The molecule has 0 saturated carbocycles. The summed E-state index contributed by atoms with van der Waals surface area (Å²) < 4.78 is 42.9. The highest BCUT2D eigenvalue weighted by atomic mass is 19.4. The van der Waals surface area contributed by atoms with E-state index in [4.69, 9.17) is 4.74 Å². The number of carbonyl (C=O) groups excluding carboxylic acids is 1. The number of halogens is 3. The molecule has 0 spiro atoms. The Morgan fingerprint density at radius 2 is 1.50 bits per heavy atom. The number of hydrogen-bond donors (Lipinski definition) is 0. The molecule has 0 radical (unpaired) electrons. The van der Waals surface area contributed by atoms with Crippen LogP contribution >= 0.6 is 0 Å². The normalized spacial score (nSPS) is 11.2. The second-order valence-corrected chi connectivity index (χ2v) is 4.83. The number of alkyl halides is 3. The summed E-state index contributed by atoms with van der Waals surface area (Å²) in [6.07, 6.45) is -2.29. The second kappa shape index (κ2) is 7.11. The van der Waals surface area contributed by atoms with Crippen LogP contribution in [0, 0.1) is 0 Å². The van der Waals surface area contributed by atoms with E-state index in [1.165, 1.54) is 12.1 Å². The Morgan fingerprint density at radius 3 is 2.05 bits per heavy atom. The van der Waals surface area contributed by atoms with Crippen molar-refractivity contribution in [3.8, 4) is 5.75 Å². The van der Waals surface area contributed by atoms with Gasteiger partial charge in [-0.25, -0.2) is 0 Å². The lowest BCUT2D eigenvalue weighted by Gasteiger charge is -2.09. The zero-order valence-corrected chi connectivity index (χ0v) is 11.8. The van der Waals surface area contributed by atoms with Crippen LogP contribution in [-0.4, -0.2) is 6.29 Å². The smallest absolute Gasteiger partial charge is 0.416 e. The molecular formula is C17H15F3O2. The zero-order valence-electron chi connectivity index (χ0n) is 11.8. The van der Waals surface area contributed by atoms with Gasteiger partial charge in [-0.2, -0.15) is 13.2 Å². The number of aryl methyl sites for hydroxylation is 1. The van der Waals surface area contributed by atoms with Crippen LogP contribution in [0.5, 0.6) is 5.75 Å². The summed E-state index contributed by atoms with van der Waals surface area (Å²) in [7, 11) is 0. The molecule has 0 fully saturated rings. The highest BCUT2D eigenvalue weighted by Crippen LogP contribution is 2.29. The van der Waals surface area contributed by atoms with Gasteiger partial charge in [0.25, 0.3) is 0 Å². The number of aldehydes is 1. The highest BCUT2D eigenvalue weighted by molar-refractivity contribution is 5.50. The largest absolute Gasteiger partial charge is 0.489 e. The first-order valence-corrected chi connectivity index (χ1v) is 6.80. The van der Waals surface area contributed by atoms with Gasteiger partial charge in [-0.15, -0.1) is 0 Å². The monoisotopic (exact) mass is 308 g/mol. The Morgan fingerprint density at radius 1 is 0.909 bits per heavy atom. The molecule has 0 saturated heterocycles. The van der Waals surface area contributed by atoms with Gasteiger partial charge >= 0.3 is 6.18 Å². The Balaban J connectivity index is 1.91. The lowest BCUT2D eigenvalue weighted by molar-refractivity contribution is -0.137. The van der Waals surface area contributed by atoms with Crippen LogP contribution in [0.15, 0.2) is 48.5 Å². The van der Waals surface area contributed by atoms with E-state index in [9.17, 15) is 18.0 Å². The lowest BCUT2D eigenvalue weighted by Crippen LogP contribution is -2.05. The molecule has 0 N–H and O–H groups in total. The molecule has 2 rings (SSSR count). The molecule has 0 aromatic heterocycles. The first-order valence-electron chi connectivity index (χ1n) is 6.80. The minimum atomic E-state index is -4.32. The molecule has 0 amide bonds. The van der Waals surface area contributed by atoms with Gasteiger partial charge < -0.3 is 9.53 Å². The van der Waals surface area contributed by atoms with Gasteiger partial charge in [0.05, 0.1) is 5.56 Å². The summed E-state index contributed by atoms with van der Waals surface area (Å²) in [5.41, 5.74) is 1.03. The first-order chi connectivity index (χ1) is 10.5. The maximum Gasteiger partial charge on any atom is 0.416 e. The first kappa shape index (κ1) is 16.1. The maximum absolute atomic E-state index is 12.4. The third-order valence-electron chi connectivity index (χ3n) is 3.16. The van der Waals surface area contributed by atoms with Crippen molar-refractivity contribution >= 4 is 6.29 Å². The summed E-state index contributed by atoms with van der Waals surface area (Å²) in [6, 6.07) is 12.2. The van der Waals surface area contributed by atoms with E-state index in [1.54, 1.807) is 12.1 Å². The Bertz CT molecular complexity index is 601. The number of ether oxygens (including phenoxy) is 1. The van der Waals surface area contributed by atoms with Crippen molar-refractivity contribution in [1.29, 1.82) is 0 Å². The van der Waals surface area contributed by atoms with Gasteiger partial charge in [-0.3, -0.25) is 0 Å². The predicted molar refractivity (Wildman–Crippen MR) is 76.6 cm³/mol. The van der Waals surface area contributed by atoms with Crippen molar-refractivity contribution in [2.45, 2.75) is 25.6 Å². The maximum atomic E-state index is 12.4. The predicted octanol–water partition coefficient (Wildman–Crippen LogP) is 4.42. The van der Waals surface area contributed by atoms with Crippen molar-refractivity contribution in [3.05, 3.63) is 65.2 Å². The second-order valence-electron chi connectivity index (χ2n) is 4.83. The molecule has 0 aliphatic heterocycles. The van der Waals surface area contributed by atoms with E-state index in [-0.39, 0.29) is 6.61 Å². The molecule has 116 valence electrons. The van der Waals surface area contributed by atoms with Gasteiger partial charge in [0, 0.05) is 6.42 Å². The van der Waals surface area contributed by atoms with Crippen LogP contribution in [0.2, 0.25) is 0 Å². The highest BCUT2D eigenvalue weighted by Gasteiger charge is 2.29. The minimum Gasteiger partial charge on any atom is -0.489 e. The Labute approximate surface area is 126 Å². The average Bonchev–Trinajstić information content (AvgIpc) is 2.51.